The number of nitrogens with one attached hydrogen (secondary N) is 1. The Morgan fingerprint density at radius 2 is 1.50 bits per heavy atom. The van der Waals surface area contributed by atoms with Gasteiger partial charge in [0.15, 0.2) is 0 Å². The quantitative estimate of drug-likeness (QED) is 0.0922. The Morgan fingerprint density at radius 3 is 2.15 bits per heavy atom. The van der Waals surface area contributed by atoms with E-state index in [2.05, 4.69) is 5.32 Å². The molecule has 54 heavy (non-hydrogen) atoms. The van der Waals surface area contributed by atoms with Gasteiger partial charge in [-0.05, 0) is 29.3 Å². The van der Waals surface area contributed by atoms with Gasteiger partial charge < -0.3 is 39.4 Å². The highest BCUT2D eigenvalue weighted by atomic mass is 16.8. The van der Waals surface area contributed by atoms with E-state index in [0.29, 0.717) is 5.56 Å². The van der Waals surface area contributed by atoms with Crippen LogP contribution in [0.2, 0.25) is 0 Å². The fourth-order valence-electron chi connectivity index (χ4n) is 6.76. The van der Waals surface area contributed by atoms with Crippen molar-refractivity contribution in [1.82, 2.24) is 10.2 Å². The van der Waals surface area contributed by atoms with Gasteiger partial charge in [-0.3, -0.25) is 9.59 Å². The minimum Gasteiger partial charge on any atom is -0.499 e. The van der Waals surface area contributed by atoms with Crippen molar-refractivity contribution in [3.05, 3.63) is 161 Å². The Morgan fingerprint density at radius 1 is 0.870 bits per heavy atom. The van der Waals surface area contributed by atoms with Crippen molar-refractivity contribution in [2.45, 2.75) is 43.0 Å². The average Bonchev–Trinajstić information content (AvgIpc) is 3.62. The summed E-state index contributed by atoms with van der Waals surface area (Å²) in [5.41, 5.74) is 3.37. The second-order valence-corrected chi connectivity index (χ2v) is 13.0. The van der Waals surface area contributed by atoms with E-state index in [4.69, 9.17) is 24.1 Å². The fraction of sp³-hybridized carbons (Fsp3) is 0.279. The Bertz CT molecular complexity index is 1890. The summed E-state index contributed by atoms with van der Waals surface area (Å²) in [6.07, 6.45) is 2.30. The van der Waals surface area contributed by atoms with Gasteiger partial charge in [0.1, 0.15) is 31.0 Å². The molecule has 11 heteroatoms. The van der Waals surface area contributed by atoms with Gasteiger partial charge in [-0.25, -0.2) is 4.79 Å². The van der Waals surface area contributed by atoms with E-state index in [-0.39, 0.29) is 50.3 Å². The highest BCUT2D eigenvalue weighted by Gasteiger charge is 2.55. The number of hydrogen-bond acceptors (Lipinski definition) is 9. The number of ether oxygens (including phenoxy) is 4. The molecule has 6 rings (SSSR count). The molecule has 3 N–H and O–H groups in total. The zero-order chi connectivity index (χ0) is 37.9. The van der Waals surface area contributed by atoms with Crippen LogP contribution in [-0.4, -0.2) is 90.7 Å². The Kier molecular flexibility index (Phi) is 12.7. The number of hydrogen-bond donors (Lipinski definition) is 3. The van der Waals surface area contributed by atoms with Crippen LogP contribution in [0.15, 0.2) is 133 Å². The predicted molar refractivity (Wildman–Crippen MR) is 201 cm³/mol. The molecule has 1 aliphatic carbocycles. The molecule has 11 nitrogen and oxygen atoms in total. The molecule has 1 aliphatic heterocycles. The standard InChI is InChI=1S/C43H44N2O9/c1-45(36(40(48)44-22-23-46)27-30-13-5-2-6-14-30)41(49)32-28-37(52-42(50)35-20-12-11-15-31(35)21-25-51-26-24-47)39-38(29-32)53-43(54-39,33-16-7-3-8-17-33)34-18-9-4-10-19-34/h2-21,25,29,36-39,46-47H,22-24,26-28H2,1H3,(H,44,48)/t36-,37-,38-,39+/m1/s1. The molecule has 4 aromatic rings. The summed E-state index contributed by atoms with van der Waals surface area (Å²) in [5.74, 6) is -2.90. The zero-order valence-corrected chi connectivity index (χ0v) is 30.0. The van der Waals surface area contributed by atoms with Crippen molar-refractivity contribution in [2.24, 2.45) is 0 Å². The normalized spacial score (nSPS) is 19.3. The molecule has 2 aliphatic rings. The first-order valence-corrected chi connectivity index (χ1v) is 17.9. The minimum absolute atomic E-state index is 0.0208. The van der Waals surface area contributed by atoms with E-state index < -0.39 is 47.9 Å². The van der Waals surface area contributed by atoms with Gasteiger partial charge in [-0.15, -0.1) is 0 Å². The van der Waals surface area contributed by atoms with E-state index in [1.165, 1.54) is 11.2 Å². The summed E-state index contributed by atoms with van der Waals surface area (Å²) in [4.78, 5) is 43.3. The lowest BCUT2D eigenvalue weighted by Gasteiger charge is -2.33. The van der Waals surface area contributed by atoms with Gasteiger partial charge in [0.2, 0.25) is 17.6 Å². The van der Waals surface area contributed by atoms with Crippen molar-refractivity contribution >= 4 is 23.9 Å². The van der Waals surface area contributed by atoms with E-state index in [0.717, 1.165) is 16.7 Å². The maximum atomic E-state index is 14.5. The third-order valence-electron chi connectivity index (χ3n) is 9.43. The molecule has 0 saturated carbocycles. The Balaban J connectivity index is 1.36. The molecule has 4 atom stereocenters. The third kappa shape index (κ3) is 8.61. The SMILES string of the molecule is CN(C(=O)C1=C[C@H]2OC(c3ccccc3)(c3ccccc3)O[C@H]2[C@H](OC(=O)c2ccccc2C=COCCO)C1)[C@H](Cc1ccccc1)C(=O)NCCO. The number of amides is 2. The van der Waals surface area contributed by atoms with Crippen molar-refractivity contribution in [2.75, 3.05) is 33.4 Å². The van der Waals surface area contributed by atoms with Gasteiger partial charge in [0.05, 0.1) is 25.0 Å². The van der Waals surface area contributed by atoms with Gasteiger partial charge in [-0.1, -0.05) is 109 Å². The molecule has 1 saturated heterocycles. The van der Waals surface area contributed by atoms with Crippen molar-refractivity contribution in [3.8, 4) is 0 Å². The van der Waals surface area contributed by atoms with Crippen LogP contribution in [0.25, 0.3) is 6.08 Å². The van der Waals surface area contributed by atoms with Gasteiger partial charge >= 0.3 is 5.97 Å². The van der Waals surface area contributed by atoms with E-state index in [1.54, 1.807) is 43.5 Å². The number of rotatable bonds is 15. The number of aliphatic hydroxyl groups excluding tert-OH is 2. The van der Waals surface area contributed by atoms with Gasteiger partial charge in [0, 0.05) is 43.1 Å². The second kappa shape index (κ2) is 18.0. The first kappa shape index (κ1) is 38.1. The third-order valence-corrected chi connectivity index (χ3v) is 9.43. The van der Waals surface area contributed by atoms with Crippen molar-refractivity contribution < 1.29 is 43.5 Å². The average molecular weight is 733 g/mol. The van der Waals surface area contributed by atoms with Crippen LogP contribution in [0.1, 0.15) is 39.0 Å². The van der Waals surface area contributed by atoms with Crippen LogP contribution in [0.5, 0.6) is 0 Å². The fourth-order valence-corrected chi connectivity index (χ4v) is 6.76. The van der Waals surface area contributed by atoms with Crippen molar-refractivity contribution in [3.63, 3.8) is 0 Å². The molecule has 0 radical (unpaired) electrons. The van der Waals surface area contributed by atoms with Crippen LogP contribution in [0.4, 0.5) is 0 Å². The monoisotopic (exact) mass is 732 g/mol. The largest absolute Gasteiger partial charge is 0.499 e. The van der Waals surface area contributed by atoms with Crippen LogP contribution >= 0.6 is 0 Å². The van der Waals surface area contributed by atoms with Gasteiger partial charge in [-0.2, -0.15) is 0 Å². The molecule has 1 heterocycles. The molecule has 0 spiro atoms. The van der Waals surface area contributed by atoms with Crippen LogP contribution < -0.4 is 5.32 Å². The molecule has 0 aromatic heterocycles. The summed E-state index contributed by atoms with van der Waals surface area (Å²) in [7, 11) is 1.56. The number of esters is 1. The Labute approximate surface area is 314 Å². The zero-order valence-electron chi connectivity index (χ0n) is 30.0. The second-order valence-electron chi connectivity index (χ2n) is 13.0. The molecule has 280 valence electrons. The summed E-state index contributed by atoms with van der Waals surface area (Å²) < 4.78 is 25.3. The maximum Gasteiger partial charge on any atom is 0.339 e. The van der Waals surface area contributed by atoms with Crippen LogP contribution in [0, 0.1) is 0 Å². The van der Waals surface area contributed by atoms with Crippen LogP contribution in [-0.2, 0) is 40.7 Å². The minimum atomic E-state index is -1.39. The lowest BCUT2D eigenvalue weighted by Crippen LogP contribution is -2.51. The molecule has 0 bridgehead atoms. The van der Waals surface area contributed by atoms with Crippen LogP contribution in [0.3, 0.4) is 0 Å². The topological polar surface area (TPSA) is 144 Å². The van der Waals surface area contributed by atoms with E-state index >= 15 is 0 Å². The first-order valence-electron chi connectivity index (χ1n) is 17.9. The molecule has 4 aromatic carbocycles. The molecule has 1 fully saturated rings. The predicted octanol–water partition coefficient (Wildman–Crippen LogP) is 4.39. The summed E-state index contributed by atoms with van der Waals surface area (Å²) in [6, 6.07) is 34.2. The smallest absolute Gasteiger partial charge is 0.339 e. The molecular formula is C43H44N2O9. The number of fused-ring (bicyclic) bond motifs is 1. The van der Waals surface area contributed by atoms with Crippen molar-refractivity contribution in [1.29, 1.82) is 0 Å². The number of likely N-dealkylation sites (N-methyl/N-ethyl adjacent to an activating group) is 1. The first-order chi connectivity index (χ1) is 26.3. The number of benzene rings is 4. The number of nitrogens with zero attached hydrogens (tertiary/aromatic N) is 1. The summed E-state index contributed by atoms with van der Waals surface area (Å²) in [5, 5.41) is 21.2. The van der Waals surface area contributed by atoms with E-state index in [1.807, 2.05) is 91.0 Å². The number of carbonyl (C=O) groups is 3. The number of carbonyl (C=O) groups excluding carboxylic acids is 3. The highest BCUT2D eigenvalue weighted by Crippen LogP contribution is 2.47. The molecular weight excluding hydrogens is 688 g/mol. The maximum absolute atomic E-state index is 14.5. The molecule has 2 amide bonds. The summed E-state index contributed by atoms with van der Waals surface area (Å²) in [6.45, 7) is -0.271. The molecule has 0 unspecified atom stereocenters. The Hall–Kier alpha value is -5.59. The number of aliphatic hydroxyl groups is 2. The lowest BCUT2D eigenvalue weighted by molar-refractivity contribution is -0.157. The van der Waals surface area contributed by atoms with Gasteiger partial charge in [0.25, 0.3) is 0 Å². The highest BCUT2D eigenvalue weighted by molar-refractivity contribution is 5.98. The van der Waals surface area contributed by atoms with E-state index in [9.17, 15) is 19.5 Å². The summed E-state index contributed by atoms with van der Waals surface area (Å²) >= 11 is 0. The lowest BCUT2D eigenvalue weighted by atomic mass is 9.90.